The molecule has 1 saturated carbocycles. The van der Waals surface area contributed by atoms with Crippen molar-refractivity contribution in [2.75, 3.05) is 0 Å². The summed E-state index contributed by atoms with van der Waals surface area (Å²) in [7, 11) is 0. The second kappa shape index (κ2) is 8.19. The number of carbonyl (C=O) groups is 2. The summed E-state index contributed by atoms with van der Waals surface area (Å²) in [5.41, 5.74) is 5.25. The Balaban J connectivity index is 2.10. The maximum absolute atomic E-state index is 13.8. The summed E-state index contributed by atoms with van der Waals surface area (Å²) in [5.74, 6) is -0.343. The first-order valence-corrected chi connectivity index (χ1v) is 11.0. The van der Waals surface area contributed by atoms with E-state index in [2.05, 4.69) is 0 Å². The Morgan fingerprint density at radius 2 is 1.88 bits per heavy atom. The number of hydrogen-bond acceptors (Lipinski definition) is 4. The molecule has 0 aliphatic heterocycles. The molecule has 8 nitrogen and oxygen atoms in total. The topological polar surface area (TPSA) is 119 Å². The van der Waals surface area contributed by atoms with Crippen LogP contribution in [0.5, 0.6) is 0 Å². The number of benzene rings is 2. The first-order chi connectivity index (χ1) is 15.5. The standard InChI is InChI=1S/C24H25ClN4O4/c1-24(2,3)29(23(32)33)19(13-10-11-13)21-27-17-9-5-8-16(25)18(17)22(31)28(21)15-7-4-6-14(12-15)20(26)30/h4-9,12-13,19H,10-11H2,1-3H3,(H2,26,30)(H,32,33). The van der Waals surface area contributed by atoms with E-state index in [0.29, 0.717) is 11.2 Å². The molecule has 1 aliphatic rings. The molecular weight excluding hydrogens is 444 g/mol. The van der Waals surface area contributed by atoms with Gasteiger partial charge < -0.3 is 10.8 Å². The Hall–Kier alpha value is -3.39. The fourth-order valence-electron chi connectivity index (χ4n) is 4.23. The molecule has 3 N–H and O–H groups in total. The highest BCUT2D eigenvalue weighted by molar-refractivity contribution is 6.35. The maximum Gasteiger partial charge on any atom is 0.408 e. The minimum atomic E-state index is -1.10. The molecule has 2 aromatic carbocycles. The first-order valence-electron chi connectivity index (χ1n) is 10.6. The average Bonchev–Trinajstić information content (AvgIpc) is 3.55. The number of carbonyl (C=O) groups excluding carboxylic acids is 1. The van der Waals surface area contributed by atoms with Gasteiger partial charge in [0.1, 0.15) is 5.82 Å². The zero-order valence-electron chi connectivity index (χ0n) is 18.6. The van der Waals surface area contributed by atoms with Crippen molar-refractivity contribution in [2.45, 2.75) is 45.2 Å². The summed E-state index contributed by atoms with van der Waals surface area (Å²) in [6.07, 6.45) is 0.530. The van der Waals surface area contributed by atoms with Crippen LogP contribution < -0.4 is 11.3 Å². The van der Waals surface area contributed by atoms with Crippen molar-refractivity contribution in [3.63, 3.8) is 0 Å². The van der Waals surface area contributed by atoms with E-state index in [-0.39, 0.29) is 27.7 Å². The lowest BCUT2D eigenvalue weighted by atomic mass is 9.99. The summed E-state index contributed by atoms with van der Waals surface area (Å²) in [5, 5.41) is 10.6. The molecule has 1 aromatic heterocycles. The van der Waals surface area contributed by atoms with Gasteiger partial charge in [-0.25, -0.2) is 9.78 Å². The summed E-state index contributed by atoms with van der Waals surface area (Å²) in [6, 6.07) is 10.6. The van der Waals surface area contributed by atoms with Crippen LogP contribution in [0.2, 0.25) is 5.02 Å². The predicted octanol–water partition coefficient (Wildman–Crippen LogP) is 4.37. The van der Waals surface area contributed by atoms with Gasteiger partial charge in [-0.3, -0.25) is 19.1 Å². The molecule has 1 atom stereocenters. The number of rotatable bonds is 5. The number of nitrogens with two attached hydrogens (primary N) is 1. The number of primary amides is 1. The van der Waals surface area contributed by atoms with Gasteiger partial charge >= 0.3 is 6.09 Å². The van der Waals surface area contributed by atoms with E-state index in [0.717, 1.165) is 12.8 Å². The normalized spacial score (nSPS) is 14.8. The van der Waals surface area contributed by atoms with Gasteiger partial charge in [0.2, 0.25) is 5.91 Å². The molecule has 1 aliphatic carbocycles. The minimum absolute atomic E-state index is 0.00873. The molecule has 1 unspecified atom stereocenters. The summed E-state index contributed by atoms with van der Waals surface area (Å²) >= 11 is 6.36. The molecule has 1 fully saturated rings. The monoisotopic (exact) mass is 468 g/mol. The number of hydrogen-bond donors (Lipinski definition) is 2. The van der Waals surface area contributed by atoms with Crippen LogP contribution in [0.4, 0.5) is 4.79 Å². The third kappa shape index (κ3) is 4.18. The zero-order valence-corrected chi connectivity index (χ0v) is 19.3. The number of carboxylic acid groups (broad SMARTS) is 1. The average molecular weight is 469 g/mol. The van der Waals surface area contributed by atoms with E-state index in [1.165, 1.54) is 15.5 Å². The summed E-state index contributed by atoms with van der Waals surface area (Å²) in [4.78, 5) is 44.2. The number of aromatic nitrogens is 2. The highest BCUT2D eigenvalue weighted by Gasteiger charge is 2.45. The van der Waals surface area contributed by atoms with Crippen molar-refractivity contribution < 1.29 is 14.7 Å². The third-order valence-electron chi connectivity index (χ3n) is 5.80. The van der Waals surface area contributed by atoms with Crippen LogP contribution in [-0.4, -0.2) is 37.1 Å². The number of halogens is 1. The lowest BCUT2D eigenvalue weighted by Crippen LogP contribution is -2.49. The van der Waals surface area contributed by atoms with Crippen molar-refractivity contribution in [3.05, 3.63) is 69.2 Å². The SMILES string of the molecule is CC(C)(C)N(C(=O)O)C(c1nc2cccc(Cl)c2c(=O)n1-c1cccc(C(N)=O)c1)C1CC1. The van der Waals surface area contributed by atoms with E-state index in [1.54, 1.807) is 36.4 Å². The Morgan fingerprint density at radius 1 is 1.21 bits per heavy atom. The molecule has 3 aromatic rings. The lowest BCUT2D eigenvalue weighted by Gasteiger charge is -2.40. The van der Waals surface area contributed by atoms with E-state index in [1.807, 2.05) is 20.8 Å². The highest BCUT2D eigenvalue weighted by atomic mass is 35.5. The lowest BCUT2D eigenvalue weighted by molar-refractivity contribution is 0.0582. The molecule has 0 saturated heterocycles. The van der Waals surface area contributed by atoms with Crippen molar-refractivity contribution in [3.8, 4) is 5.69 Å². The van der Waals surface area contributed by atoms with Gasteiger partial charge in [-0.05, 0) is 69.9 Å². The van der Waals surface area contributed by atoms with Crippen molar-refractivity contribution >= 4 is 34.5 Å². The molecule has 172 valence electrons. The fraction of sp³-hybridized carbons (Fsp3) is 0.333. The molecule has 0 radical (unpaired) electrons. The van der Waals surface area contributed by atoms with Gasteiger partial charge in [0.15, 0.2) is 0 Å². The van der Waals surface area contributed by atoms with Gasteiger partial charge in [-0.15, -0.1) is 0 Å². The van der Waals surface area contributed by atoms with Crippen LogP contribution in [0.1, 0.15) is 55.8 Å². The zero-order chi connectivity index (χ0) is 24.1. The number of nitrogens with zero attached hydrogens (tertiary/aromatic N) is 3. The van der Waals surface area contributed by atoms with E-state index >= 15 is 0 Å². The van der Waals surface area contributed by atoms with Crippen LogP contribution in [0.3, 0.4) is 0 Å². The van der Waals surface area contributed by atoms with Crippen LogP contribution in [0.25, 0.3) is 16.6 Å². The Labute approximate surface area is 195 Å². The van der Waals surface area contributed by atoms with E-state index in [4.69, 9.17) is 22.3 Å². The van der Waals surface area contributed by atoms with Crippen LogP contribution in [-0.2, 0) is 0 Å². The number of amides is 2. The molecule has 1 heterocycles. The predicted molar refractivity (Wildman–Crippen MR) is 126 cm³/mol. The third-order valence-corrected chi connectivity index (χ3v) is 6.12. The molecule has 0 spiro atoms. The minimum Gasteiger partial charge on any atom is -0.465 e. The Morgan fingerprint density at radius 3 is 2.45 bits per heavy atom. The first kappa shape index (κ1) is 22.8. The summed E-state index contributed by atoms with van der Waals surface area (Å²) < 4.78 is 1.37. The second-order valence-electron chi connectivity index (χ2n) is 9.26. The molecule has 9 heteroatoms. The molecule has 2 amide bonds. The van der Waals surface area contributed by atoms with Crippen molar-refractivity contribution in [2.24, 2.45) is 11.7 Å². The Kier molecular flexibility index (Phi) is 5.66. The van der Waals surface area contributed by atoms with Gasteiger partial charge in [0.05, 0.1) is 27.7 Å². The Bertz CT molecular complexity index is 1320. The van der Waals surface area contributed by atoms with Crippen LogP contribution in [0, 0.1) is 5.92 Å². The van der Waals surface area contributed by atoms with E-state index in [9.17, 15) is 19.5 Å². The quantitative estimate of drug-likeness (QED) is 0.576. The smallest absolute Gasteiger partial charge is 0.408 e. The van der Waals surface area contributed by atoms with Crippen molar-refractivity contribution in [1.82, 2.24) is 14.5 Å². The van der Waals surface area contributed by atoms with Gasteiger partial charge in [0.25, 0.3) is 5.56 Å². The molecule has 4 rings (SSSR count). The van der Waals surface area contributed by atoms with E-state index < -0.39 is 29.1 Å². The molecule has 0 bridgehead atoms. The van der Waals surface area contributed by atoms with Gasteiger partial charge in [-0.1, -0.05) is 23.7 Å². The number of fused-ring (bicyclic) bond motifs is 1. The fourth-order valence-corrected chi connectivity index (χ4v) is 4.48. The largest absolute Gasteiger partial charge is 0.465 e. The van der Waals surface area contributed by atoms with Gasteiger partial charge in [0, 0.05) is 11.1 Å². The van der Waals surface area contributed by atoms with Crippen molar-refractivity contribution in [1.29, 1.82) is 0 Å². The molecule has 33 heavy (non-hydrogen) atoms. The van der Waals surface area contributed by atoms with Crippen LogP contribution in [0.15, 0.2) is 47.3 Å². The second-order valence-corrected chi connectivity index (χ2v) is 9.67. The molecular formula is C24H25ClN4O4. The highest BCUT2D eigenvalue weighted by Crippen LogP contribution is 2.46. The van der Waals surface area contributed by atoms with Crippen LogP contribution >= 0.6 is 11.6 Å². The van der Waals surface area contributed by atoms with Gasteiger partial charge in [-0.2, -0.15) is 0 Å². The maximum atomic E-state index is 13.8. The summed E-state index contributed by atoms with van der Waals surface area (Å²) in [6.45, 7) is 5.43.